The zero-order valence-corrected chi connectivity index (χ0v) is 19.8. The lowest BCUT2D eigenvalue weighted by Crippen LogP contribution is -2.28. The van der Waals surface area contributed by atoms with Crippen molar-refractivity contribution in [2.24, 2.45) is 0 Å². The lowest BCUT2D eigenvalue weighted by atomic mass is 10.0. The molecule has 1 heterocycles. The van der Waals surface area contributed by atoms with Crippen LogP contribution in [0.4, 0.5) is 0 Å². The fraction of sp³-hybridized carbons (Fsp3) is 0.241. The second-order valence-corrected chi connectivity index (χ2v) is 8.36. The Kier molecular flexibility index (Phi) is 7.89. The molecule has 174 valence electrons. The molecule has 0 saturated carbocycles. The van der Waals surface area contributed by atoms with Crippen molar-refractivity contribution in [3.63, 3.8) is 0 Å². The first-order valence-corrected chi connectivity index (χ1v) is 11.8. The van der Waals surface area contributed by atoms with Crippen LogP contribution in [0, 0.1) is 0 Å². The minimum absolute atomic E-state index is 0.0727. The lowest BCUT2D eigenvalue weighted by Gasteiger charge is -2.17. The SMILES string of the molecule is CCOc1ccc(-c2cc(C(=O)NCCCN(C)Cc3ccccc3)c3ccccc3n2)cc1. The highest BCUT2D eigenvalue weighted by atomic mass is 16.5. The van der Waals surface area contributed by atoms with Gasteiger partial charge >= 0.3 is 0 Å². The van der Waals surface area contributed by atoms with Crippen LogP contribution in [0.5, 0.6) is 5.75 Å². The van der Waals surface area contributed by atoms with Crippen LogP contribution in [-0.2, 0) is 6.54 Å². The first kappa shape index (κ1) is 23.5. The van der Waals surface area contributed by atoms with Gasteiger partial charge in [0.1, 0.15) is 5.75 Å². The van der Waals surface area contributed by atoms with Gasteiger partial charge in [-0.25, -0.2) is 4.98 Å². The van der Waals surface area contributed by atoms with Crippen molar-refractivity contribution in [3.05, 3.63) is 96.1 Å². The van der Waals surface area contributed by atoms with Gasteiger partial charge in [0.25, 0.3) is 5.91 Å². The molecular formula is C29H31N3O2. The van der Waals surface area contributed by atoms with Gasteiger partial charge in [0.05, 0.1) is 23.4 Å². The van der Waals surface area contributed by atoms with E-state index in [0.717, 1.165) is 47.4 Å². The number of para-hydroxylation sites is 1. The molecule has 1 aromatic heterocycles. The molecule has 0 saturated heterocycles. The minimum atomic E-state index is -0.0727. The van der Waals surface area contributed by atoms with E-state index in [1.807, 2.05) is 67.6 Å². The number of nitrogens with one attached hydrogen (secondary N) is 1. The van der Waals surface area contributed by atoms with Gasteiger partial charge in [-0.15, -0.1) is 0 Å². The third kappa shape index (κ3) is 6.00. The van der Waals surface area contributed by atoms with E-state index in [1.54, 1.807) is 0 Å². The van der Waals surface area contributed by atoms with Crippen molar-refractivity contribution in [3.8, 4) is 17.0 Å². The number of fused-ring (bicyclic) bond motifs is 1. The second kappa shape index (κ2) is 11.4. The molecule has 1 N–H and O–H groups in total. The molecule has 0 fully saturated rings. The van der Waals surface area contributed by atoms with E-state index in [-0.39, 0.29) is 5.91 Å². The molecule has 0 spiro atoms. The van der Waals surface area contributed by atoms with Crippen molar-refractivity contribution >= 4 is 16.8 Å². The van der Waals surface area contributed by atoms with E-state index in [4.69, 9.17) is 9.72 Å². The molecule has 0 bridgehead atoms. The summed E-state index contributed by atoms with van der Waals surface area (Å²) in [6.07, 6.45) is 0.879. The Labute approximate surface area is 201 Å². The zero-order chi connectivity index (χ0) is 23.8. The fourth-order valence-electron chi connectivity index (χ4n) is 4.02. The topological polar surface area (TPSA) is 54.5 Å². The highest BCUT2D eigenvalue weighted by molar-refractivity contribution is 6.07. The van der Waals surface area contributed by atoms with Gasteiger partial charge in [-0.05, 0) is 68.9 Å². The first-order chi connectivity index (χ1) is 16.6. The number of carbonyl (C=O) groups excluding carboxylic acids is 1. The van der Waals surface area contributed by atoms with Crippen LogP contribution in [0.3, 0.4) is 0 Å². The van der Waals surface area contributed by atoms with Crippen molar-refractivity contribution in [1.29, 1.82) is 0 Å². The van der Waals surface area contributed by atoms with Gasteiger partial charge in [0.15, 0.2) is 0 Å². The summed E-state index contributed by atoms with van der Waals surface area (Å²) in [6, 6.07) is 27.9. The number of pyridine rings is 1. The average Bonchev–Trinajstić information content (AvgIpc) is 2.87. The van der Waals surface area contributed by atoms with Crippen LogP contribution < -0.4 is 10.1 Å². The predicted molar refractivity (Wildman–Crippen MR) is 138 cm³/mol. The fourth-order valence-corrected chi connectivity index (χ4v) is 4.02. The monoisotopic (exact) mass is 453 g/mol. The van der Waals surface area contributed by atoms with Gasteiger partial charge in [-0.1, -0.05) is 48.5 Å². The van der Waals surface area contributed by atoms with Crippen LogP contribution in [0.25, 0.3) is 22.2 Å². The Morgan fingerprint density at radius 3 is 2.47 bits per heavy atom. The number of carbonyl (C=O) groups is 1. The zero-order valence-electron chi connectivity index (χ0n) is 19.8. The molecule has 0 aliphatic carbocycles. The molecule has 0 unspecified atom stereocenters. The van der Waals surface area contributed by atoms with Gasteiger partial charge < -0.3 is 15.0 Å². The number of hydrogen-bond donors (Lipinski definition) is 1. The van der Waals surface area contributed by atoms with Gasteiger partial charge in [0, 0.05) is 24.0 Å². The Morgan fingerprint density at radius 1 is 0.971 bits per heavy atom. The van der Waals surface area contributed by atoms with E-state index in [0.29, 0.717) is 18.7 Å². The molecule has 0 aliphatic rings. The molecule has 1 amide bonds. The molecule has 0 atom stereocenters. The van der Waals surface area contributed by atoms with E-state index in [9.17, 15) is 4.79 Å². The molecule has 5 nitrogen and oxygen atoms in total. The standard InChI is InChI=1S/C29H31N3O2/c1-3-34-24-16-14-23(15-17-24)28-20-26(25-12-7-8-13-27(25)31-28)29(33)30-18-9-19-32(2)21-22-10-5-4-6-11-22/h4-8,10-17,20H,3,9,18-19,21H2,1-2H3,(H,30,33). The summed E-state index contributed by atoms with van der Waals surface area (Å²) < 4.78 is 5.55. The quantitative estimate of drug-likeness (QED) is 0.320. The van der Waals surface area contributed by atoms with Crippen molar-refractivity contribution in [2.45, 2.75) is 19.9 Å². The normalized spacial score (nSPS) is 11.0. The molecule has 4 rings (SSSR count). The summed E-state index contributed by atoms with van der Waals surface area (Å²) >= 11 is 0. The molecular weight excluding hydrogens is 422 g/mol. The summed E-state index contributed by atoms with van der Waals surface area (Å²) in [5.74, 6) is 0.749. The summed E-state index contributed by atoms with van der Waals surface area (Å²) in [5.41, 5.74) is 4.47. The second-order valence-electron chi connectivity index (χ2n) is 8.36. The Hall–Kier alpha value is -3.70. The molecule has 0 radical (unpaired) electrons. The molecule has 0 aliphatic heterocycles. The number of aromatic nitrogens is 1. The van der Waals surface area contributed by atoms with Gasteiger partial charge in [-0.2, -0.15) is 0 Å². The Morgan fingerprint density at radius 2 is 1.71 bits per heavy atom. The minimum Gasteiger partial charge on any atom is -0.494 e. The van der Waals surface area contributed by atoms with E-state index >= 15 is 0 Å². The molecule has 5 heteroatoms. The molecule has 4 aromatic rings. The number of hydrogen-bond acceptors (Lipinski definition) is 4. The number of amides is 1. The first-order valence-electron chi connectivity index (χ1n) is 11.8. The maximum atomic E-state index is 13.1. The summed E-state index contributed by atoms with van der Waals surface area (Å²) in [4.78, 5) is 20.2. The highest BCUT2D eigenvalue weighted by Gasteiger charge is 2.14. The van der Waals surface area contributed by atoms with Crippen LogP contribution >= 0.6 is 0 Å². The summed E-state index contributed by atoms with van der Waals surface area (Å²) in [6.45, 7) is 5.01. The predicted octanol–water partition coefficient (Wildman–Crippen LogP) is 5.55. The number of ether oxygens (including phenoxy) is 1. The smallest absolute Gasteiger partial charge is 0.252 e. The Bertz CT molecular complexity index is 1220. The van der Waals surface area contributed by atoms with Crippen LogP contribution in [-0.4, -0.2) is 42.5 Å². The van der Waals surface area contributed by atoms with E-state index < -0.39 is 0 Å². The molecule has 3 aromatic carbocycles. The summed E-state index contributed by atoms with van der Waals surface area (Å²) in [5, 5.41) is 3.96. The van der Waals surface area contributed by atoms with Crippen LogP contribution in [0.2, 0.25) is 0 Å². The van der Waals surface area contributed by atoms with E-state index in [2.05, 4.69) is 41.5 Å². The summed E-state index contributed by atoms with van der Waals surface area (Å²) in [7, 11) is 2.11. The number of rotatable bonds is 10. The largest absolute Gasteiger partial charge is 0.494 e. The average molecular weight is 454 g/mol. The Balaban J connectivity index is 1.43. The maximum absolute atomic E-state index is 13.1. The van der Waals surface area contributed by atoms with Gasteiger partial charge in [-0.3, -0.25) is 4.79 Å². The van der Waals surface area contributed by atoms with Gasteiger partial charge in [0.2, 0.25) is 0 Å². The van der Waals surface area contributed by atoms with Crippen molar-refractivity contribution < 1.29 is 9.53 Å². The van der Waals surface area contributed by atoms with Crippen LogP contribution in [0.15, 0.2) is 84.9 Å². The molecule has 34 heavy (non-hydrogen) atoms. The third-order valence-corrected chi connectivity index (χ3v) is 5.72. The van der Waals surface area contributed by atoms with Crippen molar-refractivity contribution in [1.82, 2.24) is 15.2 Å². The van der Waals surface area contributed by atoms with Crippen LogP contribution in [0.1, 0.15) is 29.3 Å². The lowest BCUT2D eigenvalue weighted by molar-refractivity contribution is 0.0953. The third-order valence-electron chi connectivity index (χ3n) is 5.72. The van der Waals surface area contributed by atoms with E-state index in [1.165, 1.54) is 5.56 Å². The van der Waals surface area contributed by atoms with Crippen molar-refractivity contribution in [2.75, 3.05) is 26.7 Å². The highest BCUT2D eigenvalue weighted by Crippen LogP contribution is 2.26. The number of benzene rings is 3. The maximum Gasteiger partial charge on any atom is 0.252 e. The number of nitrogens with zero attached hydrogens (tertiary/aromatic N) is 2.